The van der Waals surface area contributed by atoms with Crippen LogP contribution in [0.15, 0.2) is 67.3 Å². The van der Waals surface area contributed by atoms with Gasteiger partial charge in [0.15, 0.2) is 0 Å². The van der Waals surface area contributed by atoms with Gasteiger partial charge in [-0.1, -0.05) is 30.3 Å². The first-order chi connectivity index (χ1) is 13.3. The maximum absolute atomic E-state index is 12.4. The van der Waals surface area contributed by atoms with Crippen molar-refractivity contribution in [2.75, 3.05) is 36.4 Å². The third-order valence-electron chi connectivity index (χ3n) is 4.50. The standard InChI is InChI=1S/C20H20N6O/c27-20(23-17-7-4-8-21-13-17)26-11-9-25(10-12-26)19-15-22-14-18(24-19)16-5-2-1-3-6-16/h1-8,13-15H,9-12H2,(H,23,27). The van der Waals surface area contributed by atoms with Crippen LogP contribution in [-0.4, -0.2) is 52.1 Å². The van der Waals surface area contributed by atoms with Crippen molar-refractivity contribution < 1.29 is 4.79 Å². The SMILES string of the molecule is O=C(Nc1cccnc1)N1CCN(c2cncc(-c3ccccc3)n2)CC1. The summed E-state index contributed by atoms with van der Waals surface area (Å²) in [5.74, 6) is 0.837. The first-order valence-corrected chi connectivity index (χ1v) is 8.88. The van der Waals surface area contributed by atoms with Crippen molar-refractivity contribution >= 4 is 17.5 Å². The number of rotatable bonds is 3. The lowest BCUT2D eigenvalue weighted by Crippen LogP contribution is -2.50. The molecule has 0 aliphatic carbocycles. The zero-order valence-corrected chi connectivity index (χ0v) is 14.8. The fourth-order valence-electron chi connectivity index (χ4n) is 3.03. The van der Waals surface area contributed by atoms with Crippen LogP contribution in [0.2, 0.25) is 0 Å². The summed E-state index contributed by atoms with van der Waals surface area (Å²) in [4.78, 5) is 29.4. The van der Waals surface area contributed by atoms with Crippen molar-refractivity contribution in [1.29, 1.82) is 0 Å². The summed E-state index contributed by atoms with van der Waals surface area (Å²) >= 11 is 0. The van der Waals surface area contributed by atoms with E-state index in [1.807, 2.05) is 36.4 Å². The molecule has 2 amide bonds. The van der Waals surface area contributed by atoms with E-state index in [0.29, 0.717) is 31.9 Å². The quantitative estimate of drug-likeness (QED) is 0.777. The number of hydrogen-bond donors (Lipinski definition) is 1. The van der Waals surface area contributed by atoms with Crippen molar-refractivity contribution in [3.05, 3.63) is 67.3 Å². The number of carbonyl (C=O) groups is 1. The number of nitrogens with zero attached hydrogens (tertiary/aromatic N) is 5. The number of amides is 2. The van der Waals surface area contributed by atoms with Crippen LogP contribution in [0.1, 0.15) is 0 Å². The maximum atomic E-state index is 12.4. The largest absolute Gasteiger partial charge is 0.352 e. The molecule has 0 spiro atoms. The van der Waals surface area contributed by atoms with E-state index in [-0.39, 0.29) is 6.03 Å². The third-order valence-corrected chi connectivity index (χ3v) is 4.50. The molecule has 1 aliphatic rings. The summed E-state index contributed by atoms with van der Waals surface area (Å²) in [5.41, 5.74) is 2.59. The van der Waals surface area contributed by atoms with Gasteiger partial charge in [-0.05, 0) is 12.1 Å². The summed E-state index contributed by atoms with van der Waals surface area (Å²) in [7, 11) is 0. The fourth-order valence-corrected chi connectivity index (χ4v) is 3.03. The van der Waals surface area contributed by atoms with Crippen LogP contribution in [0.4, 0.5) is 16.3 Å². The predicted octanol–water partition coefficient (Wildman–Crippen LogP) is 2.89. The Morgan fingerprint density at radius 3 is 2.44 bits per heavy atom. The second kappa shape index (κ2) is 7.82. The van der Waals surface area contributed by atoms with Gasteiger partial charge < -0.3 is 15.1 Å². The molecule has 0 saturated carbocycles. The minimum absolute atomic E-state index is 0.105. The Labute approximate surface area is 157 Å². The van der Waals surface area contributed by atoms with Gasteiger partial charge in [-0.15, -0.1) is 0 Å². The lowest BCUT2D eigenvalue weighted by molar-refractivity contribution is 0.208. The van der Waals surface area contributed by atoms with Crippen molar-refractivity contribution in [3.8, 4) is 11.3 Å². The number of anilines is 2. The molecule has 2 aromatic heterocycles. The molecule has 3 aromatic rings. The molecule has 0 unspecified atom stereocenters. The number of aromatic nitrogens is 3. The molecule has 1 aliphatic heterocycles. The number of benzene rings is 1. The molecular formula is C20H20N6O. The average molecular weight is 360 g/mol. The Hall–Kier alpha value is -3.48. The van der Waals surface area contributed by atoms with E-state index in [4.69, 9.17) is 4.98 Å². The molecule has 27 heavy (non-hydrogen) atoms. The van der Waals surface area contributed by atoms with Crippen molar-refractivity contribution in [1.82, 2.24) is 19.9 Å². The van der Waals surface area contributed by atoms with E-state index in [9.17, 15) is 4.79 Å². The van der Waals surface area contributed by atoms with Gasteiger partial charge in [0.05, 0.1) is 30.0 Å². The molecular weight excluding hydrogens is 340 g/mol. The Morgan fingerprint density at radius 2 is 1.70 bits per heavy atom. The van der Waals surface area contributed by atoms with Crippen molar-refractivity contribution in [3.63, 3.8) is 0 Å². The van der Waals surface area contributed by atoms with Gasteiger partial charge in [-0.25, -0.2) is 9.78 Å². The molecule has 1 fully saturated rings. The molecule has 7 heteroatoms. The fraction of sp³-hybridized carbons (Fsp3) is 0.200. The van der Waals surface area contributed by atoms with Crippen molar-refractivity contribution in [2.24, 2.45) is 0 Å². The molecule has 3 heterocycles. The molecule has 0 radical (unpaired) electrons. The zero-order chi connectivity index (χ0) is 18.5. The number of urea groups is 1. The lowest BCUT2D eigenvalue weighted by Gasteiger charge is -2.35. The maximum Gasteiger partial charge on any atom is 0.322 e. The molecule has 7 nitrogen and oxygen atoms in total. The molecule has 0 atom stereocenters. The molecule has 1 aromatic carbocycles. The molecule has 136 valence electrons. The van der Waals surface area contributed by atoms with Crippen LogP contribution in [-0.2, 0) is 0 Å². The van der Waals surface area contributed by atoms with Crippen LogP contribution in [0.25, 0.3) is 11.3 Å². The smallest absolute Gasteiger partial charge is 0.322 e. The Morgan fingerprint density at radius 1 is 0.889 bits per heavy atom. The number of hydrogen-bond acceptors (Lipinski definition) is 5. The monoisotopic (exact) mass is 360 g/mol. The Kier molecular flexibility index (Phi) is 4.91. The predicted molar refractivity (Wildman–Crippen MR) is 105 cm³/mol. The second-order valence-electron chi connectivity index (χ2n) is 6.27. The topological polar surface area (TPSA) is 74.2 Å². The number of nitrogens with one attached hydrogen (secondary N) is 1. The number of piperazine rings is 1. The Balaban J connectivity index is 1.39. The molecule has 0 bridgehead atoms. The zero-order valence-electron chi connectivity index (χ0n) is 14.8. The lowest BCUT2D eigenvalue weighted by atomic mass is 10.2. The molecule has 4 rings (SSSR count). The van der Waals surface area contributed by atoms with Crippen LogP contribution < -0.4 is 10.2 Å². The summed E-state index contributed by atoms with van der Waals surface area (Å²) < 4.78 is 0. The van der Waals surface area contributed by atoms with Gasteiger partial charge in [-0.3, -0.25) is 9.97 Å². The van der Waals surface area contributed by atoms with Gasteiger partial charge in [0.2, 0.25) is 0 Å². The van der Waals surface area contributed by atoms with E-state index in [0.717, 1.165) is 17.1 Å². The van der Waals surface area contributed by atoms with Gasteiger partial charge >= 0.3 is 6.03 Å². The number of pyridine rings is 1. The summed E-state index contributed by atoms with van der Waals surface area (Å²) in [6.07, 6.45) is 6.87. The van der Waals surface area contributed by atoms with Crippen LogP contribution in [0.3, 0.4) is 0 Å². The van der Waals surface area contributed by atoms with Crippen LogP contribution in [0.5, 0.6) is 0 Å². The Bertz CT molecular complexity index is 895. The van der Waals surface area contributed by atoms with E-state index in [2.05, 4.69) is 20.2 Å². The number of carbonyl (C=O) groups excluding carboxylic acids is 1. The highest BCUT2D eigenvalue weighted by Crippen LogP contribution is 2.20. The third kappa shape index (κ3) is 4.03. The van der Waals surface area contributed by atoms with E-state index in [1.165, 1.54) is 0 Å². The van der Waals surface area contributed by atoms with Crippen LogP contribution >= 0.6 is 0 Å². The van der Waals surface area contributed by atoms with E-state index >= 15 is 0 Å². The minimum Gasteiger partial charge on any atom is -0.352 e. The first-order valence-electron chi connectivity index (χ1n) is 8.88. The highest BCUT2D eigenvalue weighted by Gasteiger charge is 2.22. The van der Waals surface area contributed by atoms with E-state index < -0.39 is 0 Å². The molecule has 1 N–H and O–H groups in total. The first kappa shape index (κ1) is 17.0. The van der Waals surface area contributed by atoms with Gasteiger partial charge in [0, 0.05) is 37.9 Å². The normalized spacial score (nSPS) is 14.1. The average Bonchev–Trinajstić information content (AvgIpc) is 2.75. The summed E-state index contributed by atoms with van der Waals surface area (Å²) in [5, 5.41) is 2.87. The van der Waals surface area contributed by atoms with Crippen molar-refractivity contribution in [2.45, 2.75) is 0 Å². The summed E-state index contributed by atoms with van der Waals surface area (Å²) in [6.45, 7) is 2.69. The van der Waals surface area contributed by atoms with E-state index in [1.54, 1.807) is 35.8 Å². The van der Waals surface area contributed by atoms with Gasteiger partial charge in [0.25, 0.3) is 0 Å². The van der Waals surface area contributed by atoms with Gasteiger partial charge in [0.1, 0.15) is 5.82 Å². The van der Waals surface area contributed by atoms with Crippen LogP contribution in [0, 0.1) is 0 Å². The molecule has 1 saturated heterocycles. The summed E-state index contributed by atoms with van der Waals surface area (Å²) in [6, 6.07) is 13.5. The minimum atomic E-state index is -0.105. The van der Waals surface area contributed by atoms with Gasteiger partial charge in [-0.2, -0.15) is 0 Å². The second-order valence-corrected chi connectivity index (χ2v) is 6.27. The highest BCUT2D eigenvalue weighted by atomic mass is 16.2. The highest BCUT2D eigenvalue weighted by molar-refractivity contribution is 5.89.